The molecular weight excluding hydrogens is 656 g/mol. The number of rotatable bonds is 4. The summed E-state index contributed by atoms with van der Waals surface area (Å²) in [5.41, 5.74) is 8.10. The fourth-order valence-corrected chi connectivity index (χ4v) is 8.65. The number of aliphatic hydroxyl groups excluding tert-OH is 2. The number of aromatic nitrogens is 10. The number of hydrogen-bond donors (Lipinski definition) is 4. The second kappa shape index (κ2) is 10.2. The number of nitrogens with one attached hydrogen (secondary N) is 2. The van der Waals surface area contributed by atoms with Gasteiger partial charge in [0.05, 0.1) is 24.4 Å². The SMILES string of the molecule is Cn1c2ccccc2c2cc(-c3n[nH]c4c(C5C(=O)C(O)C(c6cnn7c(-c8ccc9c(c8)c8ccccc8n9C)n[nH]c67)C5O)cnn34)ccc21. The number of fused-ring (bicyclic) bond motifs is 8. The summed E-state index contributed by atoms with van der Waals surface area (Å²) in [5.74, 6) is -1.35. The number of aryl methyl sites for hydroxylation is 2. The van der Waals surface area contributed by atoms with Crippen molar-refractivity contribution in [2.75, 3.05) is 0 Å². The van der Waals surface area contributed by atoms with E-state index in [4.69, 9.17) is 0 Å². The second-order valence-corrected chi connectivity index (χ2v) is 13.8. The molecule has 1 aliphatic rings. The third-order valence-electron chi connectivity index (χ3n) is 11.2. The maximum absolute atomic E-state index is 13.8. The maximum atomic E-state index is 13.8. The number of Topliss-reactive ketones (excluding diaryl/α,β-unsaturated/α-hetero) is 1. The van der Waals surface area contributed by atoms with Crippen LogP contribution in [0.15, 0.2) is 97.3 Å². The van der Waals surface area contributed by atoms with E-state index in [1.165, 1.54) is 0 Å². The average molecular weight is 687 g/mol. The molecule has 13 heteroatoms. The van der Waals surface area contributed by atoms with Gasteiger partial charge in [0, 0.05) is 85.9 Å². The van der Waals surface area contributed by atoms with E-state index in [1.807, 2.05) is 36.4 Å². The molecule has 6 heterocycles. The van der Waals surface area contributed by atoms with E-state index in [9.17, 15) is 15.0 Å². The van der Waals surface area contributed by atoms with Gasteiger partial charge in [-0.05, 0) is 48.5 Å². The molecule has 0 radical (unpaired) electrons. The van der Waals surface area contributed by atoms with Gasteiger partial charge in [-0.1, -0.05) is 36.4 Å². The summed E-state index contributed by atoms with van der Waals surface area (Å²) < 4.78 is 7.64. The monoisotopic (exact) mass is 686 g/mol. The summed E-state index contributed by atoms with van der Waals surface area (Å²) in [4.78, 5) is 13.8. The van der Waals surface area contributed by atoms with E-state index < -0.39 is 29.8 Å². The Morgan fingerprint density at radius 3 is 1.65 bits per heavy atom. The van der Waals surface area contributed by atoms with Crippen LogP contribution in [0.3, 0.4) is 0 Å². The maximum Gasteiger partial charge on any atom is 0.182 e. The summed E-state index contributed by atoms with van der Waals surface area (Å²) >= 11 is 0. The van der Waals surface area contributed by atoms with E-state index in [0.29, 0.717) is 34.1 Å². The first-order valence-electron chi connectivity index (χ1n) is 17.1. The van der Waals surface area contributed by atoms with E-state index in [-0.39, 0.29) is 0 Å². The Morgan fingerprint density at radius 2 is 1.10 bits per heavy atom. The molecule has 4 unspecified atom stereocenters. The second-order valence-electron chi connectivity index (χ2n) is 13.8. The third-order valence-corrected chi connectivity index (χ3v) is 11.2. The van der Waals surface area contributed by atoms with E-state index in [1.54, 1.807) is 21.4 Å². The summed E-state index contributed by atoms with van der Waals surface area (Å²) in [7, 11) is 4.10. The number of hydrogen-bond acceptors (Lipinski definition) is 7. The van der Waals surface area contributed by atoms with Crippen molar-refractivity contribution in [3.63, 3.8) is 0 Å². The van der Waals surface area contributed by atoms with Crippen LogP contribution in [0.5, 0.6) is 0 Å². The molecule has 0 bridgehead atoms. The van der Waals surface area contributed by atoms with Crippen molar-refractivity contribution in [1.29, 1.82) is 0 Å². The van der Waals surface area contributed by atoms with Gasteiger partial charge in [0.2, 0.25) is 0 Å². The molecule has 52 heavy (non-hydrogen) atoms. The van der Waals surface area contributed by atoms with Crippen LogP contribution < -0.4 is 0 Å². The minimum atomic E-state index is -1.47. The van der Waals surface area contributed by atoms with Crippen molar-refractivity contribution in [2.24, 2.45) is 14.1 Å². The van der Waals surface area contributed by atoms with Gasteiger partial charge in [-0.15, -0.1) is 0 Å². The Hall–Kier alpha value is -6.57. The van der Waals surface area contributed by atoms with Crippen molar-refractivity contribution < 1.29 is 15.0 Å². The summed E-state index contributed by atoms with van der Waals surface area (Å²) in [6, 6.07) is 28.8. The first kappa shape index (κ1) is 29.2. The number of benzene rings is 4. The minimum absolute atomic E-state index is 0.459. The lowest BCUT2D eigenvalue weighted by Gasteiger charge is -2.17. The Bertz CT molecular complexity index is 3100. The van der Waals surface area contributed by atoms with Crippen LogP contribution in [-0.4, -0.2) is 77.0 Å². The van der Waals surface area contributed by atoms with Crippen LogP contribution >= 0.6 is 0 Å². The number of ketones is 1. The van der Waals surface area contributed by atoms with Crippen LogP contribution in [0.25, 0.3) is 77.7 Å². The van der Waals surface area contributed by atoms with Crippen LogP contribution in [0.1, 0.15) is 23.0 Å². The van der Waals surface area contributed by atoms with Gasteiger partial charge in [0.15, 0.2) is 28.7 Å². The zero-order chi connectivity index (χ0) is 35.0. The molecular formula is C39H30N10O3. The first-order chi connectivity index (χ1) is 25.4. The highest BCUT2D eigenvalue weighted by atomic mass is 16.3. The predicted octanol–water partition coefficient (Wildman–Crippen LogP) is 5.22. The molecule has 4 N–H and O–H groups in total. The number of carbonyl (C=O) groups is 1. The lowest BCUT2D eigenvalue weighted by molar-refractivity contribution is -0.126. The normalized spacial score (nSPS) is 19.6. The van der Waals surface area contributed by atoms with Crippen molar-refractivity contribution in [3.05, 3.63) is 108 Å². The number of H-pyrrole nitrogens is 2. The topological polar surface area (TPSA) is 159 Å². The average Bonchev–Trinajstić information content (AvgIpc) is 4.04. The Labute approximate surface area is 293 Å². The van der Waals surface area contributed by atoms with Gasteiger partial charge in [-0.2, -0.15) is 29.4 Å². The van der Waals surface area contributed by atoms with Crippen molar-refractivity contribution in [2.45, 2.75) is 24.0 Å². The molecule has 0 saturated heterocycles. The predicted molar refractivity (Wildman–Crippen MR) is 196 cm³/mol. The Morgan fingerprint density at radius 1 is 0.615 bits per heavy atom. The smallest absolute Gasteiger partial charge is 0.182 e. The van der Waals surface area contributed by atoms with Gasteiger partial charge in [-0.25, -0.2) is 0 Å². The lowest BCUT2D eigenvalue weighted by atomic mass is 9.92. The number of aliphatic hydroxyl groups is 2. The molecule has 0 amide bonds. The number of nitrogens with zero attached hydrogens (tertiary/aromatic N) is 8. The summed E-state index contributed by atoms with van der Waals surface area (Å²) in [6.07, 6.45) is 0.421. The number of aromatic amines is 2. The Balaban J connectivity index is 0.951. The zero-order valence-electron chi connectivity index (χ0n) is 27.9. The molecule has 1 fully saturated rings. The third kappa shape index (κ3) is 3.70. The molecule has 1 saturated carbocycles. The minimum Gasteiger partial charge on any atom is -0.391 e. The largest absolute Gasteiger partial charge is 0.391 e. The molecule has 4 atom stereocenters. The van der Waals surface area contributed by atoms with Crippen LogP contribution in [0, 0.1) is 0 Å². The van der Waals surface area contributed by atoms with Gasteiger partial charge < -0.3 is 19.3 Å². The summed E-state index contributed by atoms with van der Waals surface area (Å²) in [5, 5.41) is 52.2. The summed E-state index contributed by atoms with van der Waals surface area (Å²) in [6.45, 7) is 0. The van der Waals surface area contributed by atoms with Crippen LogP contribution in [-0.2, 0) is 18.9 Å². The molecule has 11 rings (SSSR count). The van der Waals surface area contributed by atoms with Crippen molar-refractivity contribution >= 4 is 60.7 Å². The van der Waals surface area contributed by atoms with Crippen LogP contribution in [0.4, 0.5) is 0 Å². The van der Waals surface area contributed by atoms with Gasteiger partial charge in [0.25, 0.3) is 0 Å². The quantitative estimate of drug-likeness (QED) is 0.198. The van der Waals surface area contributed by atoms with Crippen molar-refractivity contribution in [1.82, 2.24) is 48.8 Å². The molecule has 0 spiro atoms. The highest BCUT2D eigenvalue weighted by molar-refractivity contribution is 6.10. The van der Waals surface area contributed by atoms with E-state index >= 15 is 0 Å². The zero-order valence-corrected chi connectivity index (χ0v) is 27.9. The van der Waals surface area contributed by atoms with Crippen LogP contribution in [0.2, 0.25) is 0 Å². The number of para-hydroxylation sites is 2. The lowest BCUT2D eigenvalue weighted by Crippen LogP contribution is -2.23. The molecule has 6 aromatic heterocycles. The molecule has 254 valence electrons. The molecule has 10 aromatic rings. The fourth-order valence-electron chi connectivity index (χ4n) is 8.65. The van der Waals surface area contributed by atoms with E-state index in [2.05, 4.69) is 102 Å². The van der Waals surface area contributed by atoms with Gasteiger partial charge >= 0.3 is 0 Å². The van der Waals surface area contributed by atoms with E-state index in [0.717, 1.165) is 54.7 Å². The fraction of sp³-hybridized carbons (Fsp3) is 0.154. The van der Waals surface area contributed by atoms with Gasteiger partial charge in [-0.3, -0.25) is 15.0 Å². The van der Waals surface area contributed by atoms with Crippen molar-refractivity contribution in [3.8, 4) is 22.8 Å². The first-order valence-corrected chi connectivity index (χ1v) is 17.1. The standard InChI is InChI=1S/C39H30N10O3/c1-46-27-9-5-3-7-21(27)23-15-19(11-13-29(23)46)36-42-44-38-25(17-40-48(36)38)31-33(50)32(35(52)34(31)51)26-18-41-49-37(43-45-39(26)49)20-12-14-30-24(16-20)22-8-4-6-10-28(22)47(30)2/h3-18,31-34,44-45,50-51H,1-2H3. The molecule has 0 aliphatic heterocycles. The molecule has 13 nitrogen and oxygen atoms in total. The highest BCUT2D eigenvalue weighted by Gasteiger charge is 2.52. The molecule has 4 aromatic carbocycles. The van der Waals surface area contributed by atoms with Gasteiger partial charge in [0.1, 0.15) is 6.10 Å². The highest BCUT2D eigenvalue weighted by Crippen LogP contribution is 2.44. The Kier molecular flexibility index (Phi) is 5.75. The molecule has 1 aliphatic carbocycles. The number of carbonyl (C=O) groups excluding carboxylic acids is 1.